The van der Waals surface area contributed by atoms with Gasteiger partial charge >= 0.3 is 6.03 Å². The maximum absolute atomic E-state index is 13.2. The number of anilines is 1. The fourth-order valence-corrected chi connectivity index (χ4v) is 4.45. The highest BCUT2D eigenvalue weighted by molar-refractivity contribution is 5.89. The quantitative estimate of drug-likeness (QED) is 0.831. The van der Waals surface area contributed by atoms with Crippen LogP contribution in [0.15, 0.2) is 54.6 Å². The molecule has 3 amide bonds. The van der Waals surface area contributed by atoms with Gasteiger partial charge in [0.25, 0.3) is 0 Å². The Morgan fingerprint density at radius 2 is 1.59 bits per heavy atom. The molecule has 0 aromatic heterocycles. The van der Waals surface area contributed by atoms with Crippen LogP contribution in [0.3, 0.4) is 0 Å². The fraction of sp³-hybridized carbons (Fsp3) is 0.417. The largest absolute Gasteiger partial charge is 0.335 e. The first-order valence-electron chi connectivity index (χ1n) is 10.6. The smallest absolute Gasteiger partial charge is 0.321 e. The van der Waals surface area contributed by atoms with Crippen LogP contribution in [0.1, 0.15) is 42.9 Å². The fourth-order valence-electron chi connectivity index (χ4n) is 4.45. The van der Waals surface area contributed by atoms with Crippen molar-refractivity contribution in [3.8, 4) is 0 Å². The van der Waals surface area contributed by atoms with Gasteiger partial charge in [0.1, 0.15) is 0 Å². The first-order valence-corrected chi connectivity index (χ1v) is 10.6. The van der Waals surface area contributed by atoms with Crippen LogP contribution < -0.4 is 5.32 Å². The van der Waals surface area contributed by atoms with E-state index in [1.807, 2.05) is 35.2 Å². The van der Waals surface area contributed by atoms with Gasteiger partial charge in [0, 0.05) is 31.2 Å². The Hall–Kier alpha value is -2.82. The normalized spacial score (nSPS) is 20.0. The lowest BCUT2D eigenvalue weighted by atomic mass is 9.94. The molecular weight excluding hydrogens is 362 g/mol. The van der Waals surface area contributed by atoms with E-state index in [4.69, 9.17) is 0 Å². The Bertz CT molecular complexity index is 842. The first kappa shape index (κ1) is 19.5. The zero-order valence-electron chi connectivity index (χ0n) is 17.0. The number of likely N-dealkylation sites (tertiary alicyclic amines) is 2. The van der Waals surface area contributed by atoms with Crippen molar-refractivity contribution in [2.45, 2.75) is 38.6 Å². The van der Waals surface area contributed by atoms with Crippen molar-refractivity contribution in [3.05, 3.63) is 65.7 Å². The monoisotopic (exact) mass is 391 g/mol. The molecule has 2 saturated heterocycles. The van der Waals surface area contributed by atoms with Crippen LogP contribution in [0, 0.1) is 12.8 Å². The van der Waals surface area contributed by atoms with Crippen LogP contribution in [0.2, 0.25) is 0 Å². The summed E-state index contributed by atoms with van der Waals surface area (Å²) in [7, 11) is 0. The summed E-state index contributed by atoms with van der Waals surface area (Å²) in [6.45, 7) is 4.17. The molecule has 0 aliphatic carbocycles. The Morgan fingerprint density at radius 3 is 2.28 bits per heavy atom. The molecule has 1 N–H and O–H groups in total. The van der Waals surface area contributed by atoms with Gasteiger partial charge in [-0.25, -0.2) is 4.79 Å². The summed E-state index contributed by atoms with van der Waals surface area (Å²) in [5, 5.41) is 2.94. The number of nitrogens with zero attached hydrogens (tertiary/aromatic N) is 2. The molecule has 1 atom stereocenters. The van der Waals surface area contributed by atoms with E-state index in [-0.39, 0.29) is 23.9 Å². The van der Waals surface area contributed by atoms with Gasteiger partial charge in [-0.2, -0.15) is 0 Å². The number of rotatable bonds is 3. The molecule has 152 valence electrons. The summed E-state index contributed by atoms with van der Waals surface area (Å²) in [5.41, 5.74) is 3.28. The summed E-state index contributed by atoms with van der Waals surface area (Å²) >= 11 is 0. The molecule has 2 heterocycles. The van der Waals surface area contributed by atoms with Gasteiger partial charge in [-0.3, -0.25) is 4.79 Å². The Kier molecular flexibility index (Phi) is 5.84. The summed E-state index contributed by atoms with van der Waals surface area (Å²) in [4.78, 5) is 29.6. The van der Waals surface area contributed by atoms with Gasteiger partial charge in [0.15, 0.2) is 0 Å². The van der Waals surface area contributed by atoms with Gasteiger partial charge in [-0.15, -0.1) is 0 Å². The standard InChI is InChI=1S/C24H29N3O2/c1-18-9-11-19(12-10-18)22-8-5-15-27(22)23(28)20-13-16-26(17-14-20)24(29)25-21-6-3-2-4-7-21/h2-4,6-7,9-12,20,22H,5,8,13-17H2,1H3,(H,25,29). The lowest BCUT2D eigenvalue weighted by Gasteiger charge is -2.35. The van der Waals surface area contributed by atoms with Crippen molar-refractivity contribution in [2.75, 3.05) is 25.0 Å². The zero-order valence-corrected chi connectivity index (χ0v) is 17.0. The van der Waals surface area contributed by atoms with Crippen LogP contribution in [0.5, 0.6) is 0 Å². The lowest BCUT2D eigenvalue weighted by Crippen LogP contribution is -2.45. The number of piperidine rings is 1. The molecular formula is C24H29N3O2. The number of para-hydroxylation sites is 1. The van der Waals surface area contributed by atoms with Gasteiger partial charge in [0.05, 0.1) is 6.04 Å². The number of hydrogen-bond donors (Lipinski definition) is 1. The number of aryl methyl sites for hydroxylation is 1. The van der Waals surface area contributed by atoms with E-state index in [9.17, 15) is 9.59 Å². The van der Waals surface area contributed by atoms with Gasteiger partial charge in [-0.1, -0.05) is 48.0 Å². The minimum absolute atomic E-state index is 0.0156. The number of hydrogen-bond acceptors (Lipinski definition) is 2. The van der Waals surface area contributed by atoms with Crippen molar-refractivity contribution < 1.29 is 9.59 Å². The second-order valence-electron chi connectivity index (χ2n) is 8.16. The molecule has 4 rings (SSSR count). The number of amides is 3. The van der Waals surface area contributed by atoms with Gasteiger partial charge < -0.3 is 15.1 Å². The molecule has 0 bridgehead atoms. The average Bonchev–Trinajstić information content (AvgIpc) is 3.24. The summed E-state index contributed by atoms with van der Waals surface area (Å²) in [6, 6.07) is 18.2. The molecule has 0 radical (unpaired) electrons. The molecule has 2 aliphatic rings. The van der Waals surface area contributed by atoms with Gasteiger partial charge in [-0.05, 0) is 50.3 Å². The maximum atomic E-state index is 13.2. The second kappa shape index (κ2) is 8.68. The number of carbonyl (C=O) groups excluding carboxylic acids is 2. The lowest BCUT2D eigenvalue weighted by molar-refractivity contribution is -0.137. The molecule has 5 nitrogen and oxygen atoms in total. The molecule has 1 unspecified atom stereocenters. The van der Waals surface area contributed by atoms with Crippen LogP contribution in [-0.2, 0) is 4.79 Å². The van der Waals surface area contributed by atoms with E-state index in [0.29, 0.717) is 13.1 Å². The van der Waals surface area contributed by atoms with E-state index in [0.717, 1.165) is 37.9 Å². The van der Waals surface area contributed by atoms with Crippen LogP contribution in [0.4, 0.5) is 10.5 Å². The third kappa shape index (κ3) is 4.44. The molecule has 2 aromatic rings. The minimum Gasteiger partial charge on any atom is -0.335 e. The third-order valence-corrected chi connectivity index (χ3v) is 6.15. The summed E-state index contributed by atoms with van der Waals surface area (Å²) in [6.07, 6.45) is 3.56. The maximum Gasteiger partial charge on any atom is 0.321 e. The van der Waals surface area contributed by atoms with Crippen molar-refractivity contribution in [1.82, 2.24) is 9.80 Å². The van der Waals surface area contributed by atoms with E-state index < -0.39 is 0 Å². The van der Waals surface area contributed by atoms with Crippen molar-refractivity contribution in [3.63, 3.8) is 0 Å². The second-order valence-corrected chi connectivity index (χ2v) is 8.16. The van der Waals surface area contributed by atoms with Crippen molar-refractivity contribution in [2.24, 2.45) is 5.92 Å². The highest BCUT2D eigenvalue weighted by Gasteiger charge is 2.36. The molecule has 29 heavy (non-hydrogen) atoms. The molecule has 5 heteroatoms. The van der Waals surface area contributed by atoms with Crippen LogP contribution in [0.25, 0.3) is 0 Å². The van der Waals surface area contributed by atoms with Crippen LogP contribution in [-0.4, -0.2) is 41.4 Å². The molecule has 0 saturated carbocycles. The van der Waals surface area contributed by atoms with Gasteiger partial charge in [0.2, 0.25) is 5.91 Å². The SMILES string of the molecule is Cc1ccc(C2CCCN2C(=O)C2CCN(C(=O)Nc3ccccc3)CC2)cc1. The summed E-state index contributed by atoms with van der Waals surface area (Å²) in [5.74, 6) is 0.276. The molecule has 2 aliphatic heterocycles. The van der Waals surface area contributed by atoms with Crippen LogP contribution >= 0.6 is 0 Å². The predicted octanol–water partition coefficient (Wildman–Crippen LogP) is 4.60. The minimum atomic E-state index is -0.0826. The number of nitrogens with one attached hydrogen (secondary N) is 1. The zero-order chi connectivity index (χ0) is 20.2. The summed E-state index contributed by atoms with van der Waals surface area (Å²) < 4.78 is 0. The number of urea groups is 1. The van der Waals surface area contributed by atoms with E-state index in [1.165, 1.54) is 11.1 Å². The topological polar surface area (TPSA) is 52.7 Å². The Morgan fingerprint density at radius 1 is 0.897 bits per heavy atom. The highest BCUT2D eigenvalue weighted by Crippen LogP contribution is 2.34. The van der Waals surface area contributed by atoms with Crippen molar-refractivity contribution >= 4 is 17.6 Å². The van der Waals surface area contributed by atoms with Crippen molar-refractivity contribution in [1.29, 1.82) is 0 Å². The number of carbonyl (C=O) groups is 2. The molecule has 2 fully saturated rings. The highest BCUT2D eigenvalue weighted by atomic mass is 16.2. The third-order valence-electron chi connectivity index (χ3n) is 6.15. The Balaban J connectivity index is 1.33. The molecule has 2 aromatic carbocycles. The Labute approximate surface area is 172 Å². The predicted molar refractivity (Wildman–Crippen MR) is 115 cm³/mol. The average molecular weight is 392 g/mol. The van der Waals surface area contributed by atoms with E-state index in [2.05, 4.69) is 41.4 Å². The molecule has 0 spiro atoms. The number of benzene rings is 2. The first-order chi connectivity index (χ1) is 14.1. The van der Waals surface area contributed by atoms with E-state index >= 15 is 0 Å². The van der Waals surface area contributed by atoms with E-state index in [1.54, 1.807) is 0 Å².